The van der Waals surface area contributed by atoms with Crippen LogP contribution in [-0.4, -0.2) is 14.5 Å². The van der Waals surface area contributed by atoms with E-state index in [0.29, 0.717) is 5.92 Å². The van der Waals surface area contributed by atoms with Crippen LogP contribution >= 0.6 is 0 Å². The minimum atomic E-state index is -0.0373. The molecule has 1 aliphatic carbocycles. The summed E-state index contributed by atoms with van der Waals surface area (Å²) in [6.45, 7) is 0. The standard InChI is InChI=1S/C25H25N3O2/c1-28-16-18(12-15-22(28)29)20-13-14-21-23(24(20)30-19-10-6-3-7-11-19)27-25(26-21)17-8-4-2-5-9-17/h3,6-7,10-17H,2,4-5,8-9H2,1H3,(H,26,27). The number of imidazole rings is 1. The van der Waals surface area contributed by atoms with Crippen molar-refractivity contribution < 1.29 is 4.74 Å². The Morgan fingerprint density at radius 1 is 1.00 bits per heavy atom. The Kier molecular flexibility index (Phi) is 4.87. The van der Waals surface area contributed by atoms with Crippen LogP contribution in [0.25, 0.3) is 22.2 Å². The number of aromatic nitrogens is 3. The minimum Gasteiger partial charge on any atom is -0.454 e. The fourth-order valence-electron chi connectivity index (χ4n) is 4.33. The molecule has 0 atom stereocenters. The van der Waals surface area contributed by atoms with E-state index in [9.17, 15) is 4.79 Å². The Balaban J connectivity index is 1.67. The summed E-state index contributed by atoms with van der Waals surface area (Å²) in [5, 5.41) is 0. The predicted molar refractivity (Wildman–Crippen MR) is 119 cm³/mol. The zero-order valence-electron chi connectivity index (χ0n) is 17.1. The van der Waals surface area contributed by atoms with Crippen LogP contribution in [0.1, 0.15) is 43.8 Å². The predicted octanol–water partition coefficient (Wildman–Crippen LogP) is 5.77. The van der Waals surface area contributed by atoms with Gasteiger partial charge in [0.15, 0.2) is 5.75 Å². The molecule has 1 fully saturated rings. The second-order valence-electron chi connectivity index (χ2n) is 8.08. The van der Waals surface area contributed by atoms with Crippen molar-refractivity contribution in [3.8, 4) is 22.6 Å². The van der Waals surface area contributed by atoms with Gasteiger partial charge in [-0.1, -0.05) is 37.5 Å². The third-order valence-electron chi connectivity index (χ3n) is 5.98. The lowest BCUT2D eigenvalue weighted by Crippen LogP contribution is -2.14. The minimum absolute atomic E-state index is 0.0373. The van der Waals surface area contributed by atoms with E-state index in [4.69, 9.17) is 9.72 Å². The summed E-state index contributed by atoms with van der Waals surface area (Å²) in [6, 6.07) is 17.3. The molecule has 1 saturated carbocycles. The quantitative estimate of drug-likeness (QED) is 0.474. The molecule has 5 heteroatoms. The van der Waals surface area contributed by atoms with Crippen molar-refractivity contribution in [2.45, 2.75) is 38.0 Å². The maximum absolute atomic E-state index is 11.9. The fourth-order valence-corrected chi connectivity index (χ4v) is 4.33. The molecule has 2 aromatic heterocycles. The molecule has 4 aromatic rings. The number of benzene rings is 2. The highest BCUT2D eigenvalue weighted by atomic mass is 16.5. The Hall–Kier alpha value is -3.34. The third-order valence-corrected chi connectivity index (χ3v) is 5.98. The molecule has 0 radical (unpaired) electrons. The van der Waals surface area contributed by atoms with Crippen molar-refractivity contribution in [3.05, 3.63) is 77.0 Å². The lowest BCUT2D eigenvalue weighted by molar-refractivity contribution is 0.431. The van der Waals surface area contributed by atoms with Gasteiger partial charge in [0.2, 0.25) is 5.56 Å². The number of nitrogens with zero attached hydrogens (tertiary/aromatic N) is 2. The maximum Gasteiger partial charge on any atom is 0.250 e. The largest absolute Gasteiger partial charge is 0.454 e. The van der Waals surface area contributed by atoms with E-state index < -0.39 is 0 Å². The van der Waals surface area contributed by atoms with E-state index in [2.05, 4.69) is 11.1 Å². The van der Waals surface area contributed by atoms with Gasteiger partial charge in [-0.15, -0.1) is 0 Å². The molecule has 2 aromatic carbocycles. The van der Waals surface area contributed by atoms with Gasteiger partial charge in [-0.25, -0.2) is 4.98 Å². The number of hydrogen-bond acceptors (Lipinski definition) is 3. The molecule has 0 spiro atoms. The first kappa shape index (κ1) is 18.7. The van der Waals surface area contributed by atoms with Crippen LogP contribution in [0.4, 0.5) is 0 Å². The highest BCUT2D eigenvalue weighted by Crippen LogP contribution is 2.40. The smallest absolute Gasteiger partial charge is 0.250 e. The van der Waals surface area contributed by atoms with E-state index in [-0.39, 0.29) is 5.56 Å². The monoisotopic (exact) mass is 399 g/mol. The molecule has 152 valence electrons. The number of nitrogens with one attached hydrogen (secondary N) is 1. The van der Waals surface area contributed by atoms with Crippen LogP contribution in [0.3, 0.4) is 0 Å². The second-order valence-corrected chi connectivity index (χ2v) is 8.08. The van der Waals surface area contributed by atoms with Crippen molar-refractivity contribution in [1.29, 1.82) is 0 Å². The Morgan fingerprint density at radius 2 is 1.80 bits per heavy atom. The highest BCUT2D eigenvalue weighted by molar-refractivity contribution is 5.91. The Labute approximate surface area is 175 Å². The number of aromatic amines is 1. The van der Waals surface area contributed by atoms with E-state index in [1.165, 1.54) is 32.1 Å². The fraction of sp³-hybridized carbons (Fsp3) is 0.280. The molecule has 0 saturated heterocycles. The number of rotatable bonds is 4. The number of ether oxygens (including phenoxy) is 1. The van der Waals surface area contributed by atoms with E-state index in [0.717, 1.165) is 39.5 Å². The normalized spacial score (nSPS) is 14.8. The van der Waals surface area contributed by atoms with Gasteiger partial charge in [-0.05, 0) is 43.2 Å². The van der Waals surface area contributed by atoms with Gasteiger partial charge in [-0.2, -0.15) is 0 Å². The maximum atomic E-state index is 11.9. The van der Waals surface area contributed by atoms with Gasteiger partial charge >= 0.3 is 0 Å². The van der Waals surface area contributed by atoms with Crippen molar-refractivity contribution in [3.63, 3.8) is 0 Å². The number of pyridine rings is 1. The molecule has 2 heterocycles. The lowest BCUT2D eigenvalue weighted by Gasteiger charge is -2.19. The number of aryl methyl sites for hydroxylation is 1. The first-order chi connectivity index (χ1) is 14.7. The molecule has 5 rings (SSSR count). The average Bonchev–Trinajstić information content (AvgIpc) is 3.22. The summed E-state index contributed by atoms with van der Waals surface area (Å²) < 4.78 is 7.97. The number of fused-ring (bicyclic) bond motifs is 1. The number of H-pyrrole nitrogens is 1. The van der Waals surface area contributed by atoms with Crippen LogP contribution in [0.15, 0.2) is 65.6 Å². The van der Waals surface area contributed by atoms with Crippen molar-refractivity contribution in [2.24, 2.45) is 7.05 Å². The second kappa shape index (κ2) is 7.82. The van der Waals surface area contributed by atoms with Crippen LogP contribution in [-0.2, 0) is 7.05 Å². The van der Waals surface area contributed by atoms with E-state index in [1.807, 2.05) is 48.7 Å². The summed E-state index contributed by atoms with van der Waals surface area (Å²) in [5.74, 6) is 3.02. The van der Waals surface area contributed by atoms with Crippen molar-refractivity contribution >= 4 is 11.0 Å². The summed E-state index contributed by atoms with van der Waals surface area (Å²) in [5.41, 5.74) is 3.63. The third kappa shape index (κ3) is 3.52. The average molecular weight is 399 g/mol. The molecule has 1 aliphatic rings. The van der Waals surface area contributed by atoms with Gasteiger partial charge < -0.3 is 14.3 Å². The van der Waals surface area contributed by atoms with Crippen molar-refractivity contribution in [2.75, 3.05) is 0 Å². The van der Waals surface area contributed by atoms with Crippen LogP contribution in [0, 0.1) is 0 Å². The molecule has 5 nitrogen and oxygen atoms in total. The zero-order chi connectivity index (χ0) is 20.5. The topological polar surface area (TPSA) is 59.9 Å². The van der Waals surface area contributed by atoms with Crippen molar-refractivity contribution in [1.82, 2.24) is 14.5 Å². The molecule has 1 N–H and O–H groups in total. The first-order valence-corrected chi connectivity index (χ1v) is 10.6. The molecule has 0 amide bonds. The summed E-state index contributed by atoms with van der Waals surface area (Å²) in [7, 11) is 1.76. The van der Waals surface area contributed by atoms with E-state index in [1.54, 1.807) is 17.7 Å². The van der Waals surface area contributed by atoms with Gasteiger partial charge in [0, 0.05) is 36.4 Å². The van der Waals surface area contributed by atoms with Gasteiger partial charge in [0.1, 0.15) is 17.1 Å². The van der Waals surface area contributed by atoms with Gasteiger partial charge in [-0.3, -0.25) is 4.79 Å². The summed E-state index contributed by atoms with van der Waals surface area (Å²) in [6.07, 6.45) is 8.05. The first-order valence-electron chi connectivity index (χ1n) is 10.6. The molecule has 0 unspecified atom stereocenters. The van der Waals surface area contributed by atoms with Gasteiger partial charge in [0.05, 0.1) is 5.52 Å². The Morgan fingerprint density at radius 3 is 2.57 bits per heavy atom. The Bertz CT molecular complexity index is 1230. The summed E-state index contributed by atoms with van der Waals surface area (Å²) in [4.78, 5) is 20.4. The zero-order valence-corrected chi connectivity index (χ0v) is 17.1. The molecule has 30 heavy (non-hydrogen) atoms. The number of para-hydroxylation sites is 1. The number of hydrogen-bond donors (Lipinski definition) is 1. The lowest BCUT2D eigenvalue weighted by atomic mass is 9.89. The molecular weight excluding hydrogens is 374 g/mol. The summed E-state index contributed by atoms with van der Waals surface area (Å²) >= 11 is 0. The SMILES string of the molecule is Cn1cc(-c2ccc3[nH]c(C4CCCCC4)nc3c2Oc2ccccc2)ccc1=O. The highest BCUT2D eigenvalue weighted by Gasteiger charge is 2.22. The van der Waals surface area contributed by atoms with Gasteiger partial charge in [0.25, 0.3) is 0 Å². The van der Waals surface area contributed by atoms with E-state index >= 15 is 0 Å². The van der Waals surface area contributed by atoms with Crippen LogP contribution in [0.5, 0.6) is 11.5 Å². The van der Waals surface area contributed by atoms with Crippen LogP contribution in [0.2, 0.25) is 0 Å². The van der Waals surface area contributed by atoms with Crippen LogP contribution < -0.4 is 10.3 Å². The molecule has 0 aliphatic heterocycles. The molecule has 0 bridgehead atoms. The molecular formula is C25H25N3O2.